The lowest BCUT2D eigenvalue weighted by molar-refractivity contribution is -0.144. The summed E-state index contributed by atoms with van der Waals surface area (Å²) >= 11 is 0. The van der Waals surface area contributed by atoms with Crippen LogP contribution in [0.3, 0.4) is 0 Å². The van der Waals surface area contributed by atoms with E-state index in [1.165, 1.54) is 25.0 Å². The molecule has 6 nitrogen and oxygen atoms in total. The zero-order chi connectivity index (χ0) is 18.7. The summed E-state index contributed by atoms with van der Waals surface area (Å²) in [5, 5.41) is 0. The first kappa shape index (κ1) is 19.3. The van der Waals surface area contributed by atoms with E-state index in [0.29, 0.717) is 38.5 Å². The van der Waals surface area contributed by atoms with Crippen molar-refractivity contribution in [2.75, 3.05) is 19.7 Å². The molecule has 0 radical (unpaired) electrons. The molecule has 1 saturated heterocycles. The maximum absolute atomic E-state index is 13.0. The summed E-state index contributed by atoms with van der Waals surface area (Å²) in [7, 11) is -3.69. The fourth-order valence-electron chi connectivity index (χ4n) is 3.01. The van der Waals surface area contributed by atoms with Gasteiger partial charge < -0.3 is 9.64 Å². The molecule has 144 valence electrons. The average Bonchev–Trinajstić information content (AvgIpc) is 3.44. The van der Waals surface area contributed by atoms with Crippen molar-refractivity contribution >= 4 is 15.9 Å². The van der Waals surface area contributed by atoms with E-state index in [2.05, 4.69) is 4.72 Å². The Labute approximate surface area is 153 Å². The summed E-state index contributed by atoms with van der Waals surface area (Å²) in [6.07, 6.45) is 2.99. The third-order valence-corrected chi connectivity index (χ3v) is 6.42. The first-order chi connectivity index (χ1) is 12.3. The summed E-state index contributed by atoms with van der Waals surface area (Å²) in [4.78, 5) is 14.2. The van der Waals surface area contributed by atoms with Gasteiger partial charge in [0.25, 0.3) is 5.91 Å². The molecule has 1 aliphatic carbocycles. The minimum Gasteiger partial charge on any atom is -0.368 e. The van der Waals surface area contributed by atoms with Crippen molar-refractivity contribution in [3.05, 3.63) is 30.1 Å². The van der Waals surface area contributed by atoms with Crippen LogP contribution in [-0.4, -0.2) is 51.1 Å². The molecule has 2 fully saturated rings. The standard InChI is InChI=1S/C18H25FN2O4S/c1-13(25-12-14-2-3-14)18(22)21-10-8-16(9-11-21)20-26(23,24)17-6-4-15(19)5-7-17/h4-7,13-14,16,20H,2-3,8-12H2,1H3. The molecule has 1 amide bonds. The summed E-state index contributed by atoms with van der Waals surface area (Å²) in [5.41, 5.74) is 0. The monoisotopic (exact) mass is 384 g/mol. The molecule has 2 aliphatic rings. The Hall–Kier alpha value is -1.51. The van der Waals surface area contributed by atoms with Crippen LogP contribution in [-0.2, 0) is 19.6 Å². The Morgan fingerprint density at radius 2 is 1.85 bits per heavy atom. The number of ether oxygens (including phenoxy) is 1. The van der Waals surface area contributed by atoms with Gasteiger partial charge >= 0.3 is 0 Å². The van der Waals surface area contributed by atoms with E-state index in [-0.39, 0.29) is 16.8 Å². The van der Waals surface area contributed by atoms with Gasteiger partial charge in [-0.15, -0.1) is 0 Å². The van der Waals surface area contributed by atoms with Gasteiger partial charge in [-0.3, -0.25) is 4.79 Å². The second-order valence-corrected chi connectivity index (χ2v) is 8.81. The van der Waals surface area contributed by atoms with Crippen molar-refractivity contribution in [3.63, 3.8) is 0 Å². The maximum Gasteiger partial charge on any atom is 0.251 e. The molecular formula is C18H25FN2O4S. The molecule has 1 aromatic carbocycles. The van der Waals surface area contributed by atoms with Gasteiger partial charge in [-0.25, -0.2) is 17.5 Å². The van der Waals surface area contributed by atoms with Gasteiger partial charge in [0.2, 0.25) is 10.0 Å². The van der Waals surface area contributed by atoms with E-state index < -0.39 is 21.9 Å². The van der Waals surface area contributed by atoms with Crippen molar-refractivity contribution in [1.82, 2.24) is 9.62 Å². The lowest BCUT2D eigenvalue weighted by atomic mass is 10.1. The molecule has 0 aromatic heterocycles. The van der Waals surface area contributed by atoms with Crippen LogP contribution in [0.5, 0.6) is 0 Å². The summed E-state index contributed by atoms with van der Waals surface area (Å²) < 4.78 is 45.9. The zero-order valence-corrected chi connectivity index (χ0v) is 15.7. The van der Waals surface area contributed by atoms with E-state index in [9.17, 15) is 17.6 Å². The number of amides is 1. The number of hydrogen-bond acceptors (Lipinski definition) is 4. The Bertz CT molecular complexity index is 726. The van der Waals surface area contributed by atoms with Gasteiger partial charge in [-0.1, -0.05) is 0 Å². The second kappa shape index (κ2) is 8.02. The third kappa shape index (κ3) is 5.02. The highest BCUT2D eigenvalue weighted by Crippen LogP contribution is 2.29. The van der Waals surface area contributed by atoms with Gasteiger partial charge in [0.05, 0.1) is 11.5 Å². The largest absolute Gasteiger partial charge is 0.368 e. The van der Waals surface area contributed by atoms with Crippen molar-refractivity contribution in [1.29, 1.82) is 0 Å². The number of likely N-dealkylation sites (tertiary alicyclic amines) is 1. The summed E-state index contributed by atoms with van der Waals surface area (Å²) in [5.74, 6) is 0.0936. The predicted octanol–water partition coefficient (Wildman–Crippen LogP) is 1.91. The number of carbonyl (C=O) groups excluding carboxylic acids is 1. The van der Waals surface area contributed by atoms with E-state index in [1.54, 1.807) is 11.8 Å². The van der Waals surface area contributed by atoms with Crippen LogP contribution in [0.1, 0.15) is 32.6 Å². The molecule has 1 heterocycles. The van der Waals surface area contributed by atoms with E-state index in [0.717, 1.165) is 12.1 Å². The fourth-order valence-corrected chi connectivity index (χ4v) is 4.32. The number of sulfonamides is 1. The van der Waals surface area contributed by atoms with Gasteiger partial charge in [-0.2, -0.15) is 0 Å². The van der Waals surface area contributed by atoms with Crippen molar-refractivity contribution in [3.8, 4) is 0 Å². The lowest BCUT2D eigenvalue weighted by Gasteiger charge is -2.33. The molecule has 3 rings (SSSR count). The fraction of sp³-hybridized carbons (Fsp3) is 0.611. The molecule has 1 N–H and O–H groups in total. The van der Waals surface area contributed by atoms with Crippen molar-refractivity contribution < 1.29 is 22.3 Å². The summed E-state index contributed by atoms with van der Waals surface area (Å²) in [6.45, 7) is 3.40. The van der Waals surface area contributed by atoms with Crippen LogP contribution in [0.2, 0.25) is 0 Å². The van der Waals surface area contributed by atoms with Crippen LogP contribution in [0.25, 0.3) is 0 Å². The normalized spacial score (nSPS) is 20.2. The van der Waals surface area contributed by atoms with Gasteiger partial charge in [-0.05, 0) is 62.8 Å². The number of nitrogens with one attached hydrogen (secondary N) is 1. The van der Waals surface area contributed by atoms with Crippen LogP contribution in [0.4, 0.5) is 4.39 Å². The van der Waals surface area contributed by atoms with E-state index in [4.69, 9.17) is 4.74 Å². The number of hydrogen-bond donors (Lipinski definition) is 1. The SMILES string of the molecule is CC(OCC1CC1)C(=O)N1CCC(NS(=O)(=O)c2ccc(F)cc2)CC1. The average molecular weight is 384 g/mol. The number of halogens is 1. The Balaban J connectivity index is 1.48. The van der Waals surface area contributed by atoms with Gasteiger partial charge in [0.15, 0.2) is 0 Å². The zero-order valence-electron chi connectivity index (χ0n) is 14.9. The van der Waals surface area contributed by atoms with E-state index in [1.807, 2.05) is 0 Å². The first-order valence-corrected chi connectivity index (χ1v) is 10.5. The molecule has 1 atom stereocenters. The van der Waals surface area contributed by atoms with Crippen LogP contribution in [0, 0.1) is 11.7 Å². The molecule has 8 heteroatoms. The lowest BCUT2D eigenvalue weighted by Crippen LogP contribution is -2.49. The van der Waals surface area contributed by atoms with Crippen LogP contribution >= 0.6 is 0 Å². The number of rotatable bonds is 7. The number of benzene rings is 1. The smallest absolute Gasteiger partial charge is 0.251 e. The van der Waals surface area contributed by atoms with Gasteiger partial charge in [0, 0.05) is 19.1 Å². The molecule has 0 spiro atoms. The molecule has 1 aromatic rings. The highest BCUT2D eigenvalue weighted by atomic mass is 32.2. The van der Waals surface area contributed by atoms with Crippen molar-refractivity contribution in [2.24, 2.45) is 5.92 Å². The Morgan fingerprint density at radius 3 is 2.42 bits per heavy atom. The van der Waals surface area contributed by atoms with Crippen LogP contribution < -0.4 is 4.72 Å². The van der Waals surface area contributed by atoms with Crippen LogP contribution in [0.15, 0.2) is 29.2 Å². The molecule has 0 bridgehead atoms. The molecule has 26 heavy (non-hydrogen) atoms. The molecule has 1 saturated carbocycles. The highest BCUT2D eigenvalue weighted by molar-refractivity contribution is 7.89. The number of carbonyl (C=O) groups is 1. The van der Waals surface area contributed by atoms with Gasteiger partial charge in [0.1, 0.15) is 11.9 Å². The minimum absolute atomic E-state index is 0.0366. The minimum atomic E-state index is -3.69. The maximum atomic E-state index is 13.0. The Kier molecular flexibility index (Phi) is 5.94. The molecule has 1 unspecified atom stereocenters. The van der Waals surface area contributed by atoms with E-state index >= 15 is 0 Å². The predicted molar refractivity (Wildman–Crippen MR) is 94.5 cm³/mol. The molecular weight excluding hydrogens is 359 g/mol. The highest BCUT2D eigenvalue weighted by Gasteiger charge is 2.30. The topological polar surface area (TPSA) is 75.7 Å². The molecule has 1 aliphatic heterocycles. The number of nitrogens with zero attached hydrogens (tertiary/aromatic N) is 1. The second-order valence-electron chi connectivity index (χ2n) is 7.09. The third-order valence-electron chi connectivity index (χ3n) is 4.88. The number of piperidine rings is 1. The Morgan fingerprint density at radius 1 is 1.23 bits per heavy atom. The summed E-state index contributed by atoms with van der Waals surface area (Å²) in [6, 6.07) is 4.50. The quantitative estimate of drug-likeness (QED) is 0.779. The van der Waals surface area contributed by atoms with Crippen molar-refractivity contribution in [2.45, 2.75) is 49.6 Å². The first-order valence-electron chi connectivity index (χ1n) is 9.03.